The molecule has 0 unspecified atom stereocenters. The summed E-state index contributed by atoms with van der Waals surface area (Å²) in [6, 6.07) is 3.28. The minimum Gasteiger partial charge on any atom is -0.332 e. The lowest BCUT2D eigenvalue weighted by molar-refractivity contribution is -0.152. The van der Waals surface area contributed by atoms with Crippen LogP contribution in [-0.4, -0.2) is 41.2 Å². The molecule has 1 saturated heterocycles. The summed E-state index contributed by atoms with van der Waals surface area (Å²) in [6.07, 6.45) is -17.2. The van der Waals surface area contributed by atoms with Gasteiger partial charge in [-0.3, -0.25) is 9.59 Å². The highest BCUT2D eigenvalue weighted by Crippen LogP contribution is 2.35. The number of rotatable bonds is 1. The van der Waals surface area contributed by atoms with Gasteiger partial charge in [-0.2, -0.15) is 0 Å². The van der Waals surface area contributed by atoms with Crippen LogP contribution < -0.4 is 0 Å². The van der Waals surface area contributed by atoms with Gasteiger partial charge >= 0.3 is 0 Å². The van der Waals surface area contributed by atoms with Gasteiger partial charge in [0.15, 0.2) is 0 Å². The maximum atomic E-state index is 13.9. The van der Waals surface area contributed by atoms with Gasteiger partial charge in [0.1, 0.15) is 5.82 Å². The molecule has 0 aromatic heterocycles. The van der Waals surface area contributed by atoms with Crippen molar-refractivity contribution in [1.82, 2.24) is 9.80 Å². The lowest BCUT2D eigenvalue weighted by Crippen LogP contribution is -2.56. The van der Waals surface area contributed by atoms with Gasteiger partial charge in [0.25, 0.3) is 0 Å². The van der Waals surface area contributed by atoms with Crippen molar-refractivity contribution in [2.45, 2.75) is 44.3 Å². The minimum atomic E-state index is -3.61. The molecular weight excluding hydrogens is 307 g/mol. The molecule has 0 radical (unpaired) electrons. The quantitative estimate of drug-likeness (QED) is 0.789. The Labute approximate surface area is 155 Å². The molecule has 24 heavy (non-hydrogen) atoms. The average molecular weight is 340 g/mol. The molecule has 3 aliphatic rings. The Morgan fingerprint density at radius 2 is 2.04 bits per heavy atom. The highest BCUT2D eigenvalue weighted by Gasteiger charge is 2.40. The fraction of sp³-hybridized carbons (Fsp3) is 0.579. The SMILES string of the molecule is [2H]C1([2H])C(C(=O)N2CC(=O)N3CCc4ccc(F)cc4[C@@H]3C2)C([2H])([2H])C([2H])([2H])C([2H])([2H])C1([2H])[2H]. The number of benzene rings is 1. The van der Waals surface area contributed by atoms with E-state index in [9.17, 15) is 14.0 Å². The molecular formula is C19H23FN2O2. The number of piperazine rings is 1. The Bertz CT molecular complexity index is 1030. The van der Waals surface area contributed by atoms with E-state index in [0.717, 1.165) is 10.5 Å². The van der Waals surface area contributed by atoms with Gasteiger partial charge in [-0.25, -0.2) is 4.39 Å². The summed E-state index contributed by atoms with van der Waals surface area (Å²) < 4.78 is 94.9. The standard InChI is InChI=1S/C19H23FN2O2/c20-15-7-6-13-8-9-22-17(16(13)10-15)11-21(12-18(22)23)19(24)14-4-2-1-3-5-14/h6-7,10,14,17H,1-5,8-9,11-12H2/t17-/m0/s1/i1D2,2D2,3D2,4D2,5D2. The van der Waals surface area contributed by atoms with Gasteiger partial charge < -0.3 is 9.80 Å². The van der Waals surface area contributed by atoms with Crippen LogP contribution in [0.15, 0.2) is 18.2 Å². The lowest BCUT2D eigenvalue weighted by atomic mass is 9.86. The van der Waals surface area contributed by atoms with Crippen molar-refractivity contribution in [2.24, 2.45) is 5.92 Å². The van der Waals surface area contributed by atoms with Gasteiger partial charge in [-0.1, -0.05) is 25.2 Å². The topological polar surface area (TPSA) is 40.6 Å². The van der Waals surface area contributed by atoms with E-state index in [4.69, 9.17) is 13.7 Å². The first-order valence-electron chi connectivity index (χ1n) is 12.8. The molecule has 2 fully saturated rings. The fourth-order valence-corrected chi connectivity index (χ4v) is 3.45. The number of hydrogen-bond acceptors (Lipinski definition) is 2. The highest BCUT2D eigenvalue weighted by atomic mass is 19.1. The lowest BCUT2D eigenvalue weighted by Gasteiger charge is -2.45. The van der Waals surface area contributed by atoms with Gasteiger partial charge in [0, 0.05) is 32.7 Å². The molecule has 128 valence electrons. The predicted octanol–water partition coefficient (Wildman–Crippen LogP) is 2.67. The first-order chi connectivity index (χ1) is 15.4. The van der Waals surface area contributed by atoms with Crippen molar-refractivity contribution in [1.29, 1.82) is 0 Å². The van der Waals surface area contributed by atoms with Crippen LogP contribution in [0.3, 0.4) is 0 Å². The Balaban J connectivity index is 1.76. The van der Waals surface area contributed by atoms with Gasteiger partial charge in [0.05, 0.1) is 12.6 Å². The minimum absolute atomic E-state index is 0.247. The van der Waals surface area contributed by atoms with Gasteiger partial charge in [0.2, 0.25) is 11.8 Å². The van der Waals surface area contributed by atoms with Crippen LogP contribution in [-0.2, 0) is 16.0 Å². The Morgan fingerprint density at radius 3 is 2.83 bits per heavy atom. The molecule has 2 amide bonds. The third-order valence-corrected chi connectivity index (χ3v) is 4.62. The number of carbonyl (C=O) groups excluding carboxylic acids is 2. The summed E-state index contributed by atoms with van der Waals surface area (Å²) in [7, 11) is 0. The van der Waals surface area contributed by atoms with E-state index in [1.165, 1.54) is 17.0 Å². The Hall–Kier alpha value is -1.91. The summed E-state index contributed by atoms with van der Waals surface area (Å²) >= 11 is 0. The zero-order valence-corrected chi connectivity index (χ0v) is 12.8. The molecule has 0 spiro atoms. The molecule has 0 N–H and O–H groups in total. The first kappa shape index (κ1) is 7.98. The molecule has 2 aliphatic heterocycles. The van der Waals surface area contributed by atoms with Crippen LogP contribution in [0.25, 0.3) is 0 Å². The van der Waals surface area contributed by atoms with Gasteiger partial charge in [-0.05, 0) is 42.4 Å². The second kappa shape index (κ2) is 6.19. The fourth-order valence-electron chi connectivity index (χ4n) is 3.45. The second-order valence-electron chi connectivity index (χ2n) is 6.01. The third-order valence-electron chi connectivity index (χ3n) is 4.62. The van der Waals surface area contributed by atoms with Crippen molar-refractivity contribution in [3.8, 4) is 0 Å². The molecule has 1 atom stereocenters. The first-order valence-corrected chi connectivity index (χ1v) is 7.76. The molecule has 2 heterocycles. The Morgan fingerprint density at radius 1 is 1.25 bits per heavy atom. The summed E-state index contributed by atoms with van der Waals surface area (Å²) in [5.74, 6) is -5.02. The monoisotopic (exact) mass is 340 g/mol. The summed E-state index contributed by atoms with van der Waals surface area (Å²) in [5, 5.41) is 0. The van der Waals surface area contributed by atoms with Crippen molar-refractivity contribution in [2.75, 3.05) is 19.6 Å². The van der Waals surface area contributed by atoms with Crippen LogP contribution in [0.4, 0.5) is 4.39 Å². The van der Waals surface area contributed by atoms with E-state index in [1.807, 2.05) is 0 Å². The maximum absolute atomic E-state index is 13.9. The van der Waals surface area contributed by atoms with E-state index in [-0.39, 0.29) is 6.54 Å². The number of halogens is 1. The van der Waals surface area contributed by atoms with E-state index >= 15 is 0 Å². The molecule has 4 nitrogen and oxygen atoms in total. The molecule has 1 aromatic rings. The number of hydrogen-bond donors (Lipinski definition) is 0. The van der Waals surface area contributed by atoms with Crippen molar-refractivity contribution >= 4 is 11.8 Å². The zero-order valence-electron chi connectivity index (χ0n) is 22.8. The maximum Gasteiger partial charge on any atom is 0.242 e. The van der Waals surface area contributed by atoms with E-state index in [2.05, 4.69) is 0 Å². The van der Waals surface area contributed by atoms with Crippen molar-refractivity contribution < 1.29 is 27.7 Å². The van der Waals surface area contributed by atoms with Crippen LogP contribution >= 0.6 is 0 Å². The van der Waals surface area contributed by atoms with E-state index in [1.54, 1.807) is 6.07 Å². The summed E-state index contributed by atoms with van der Waals surface area (Å²) in [4.78, 5) is 28.7. The average Bonchev–Trinajstić information content (AvgIpc) is 2.71. The zero-order chi connectivity index (χ0) is 25.6. The van der Waals surface area contributed by atoms with Crippen LogP contribution in [0, 0.1) is 11.7 Å². The molecule has 5 heteroatoms. The summed E-state index contributed by atoms with van der Waals surface area (Å²) in [5.41, 5.74) is 1.21. The number of carbonyl (C=O) groups is 2. The molecule has 1 aromatic carbocycles. The molecule has 1 aliphatic carbocycles. The van der Waals surface area contributed by atoms with Crippen LogP contribution in [0.5, 0.6) is 0 Å². The largest absolute Gasteiger partial charge is 0.332 e. The Kier molecular flexibility index (Phi) is 2.06. The number of amides is 2. The van der Waals surface area contributed by atoms with Crippen LogP contribution in [0.1, 0.15) is 62.7 Å². The normalized spacial score (nSPS) is 41.2. The van der Waals surface area contributed by atoms with E-state index in [0.29, 0.717) is 18.5 Å². The number of nitrogens with zero attached hydrogens (tertiary/aromatic N) is 2. The molecule has 4 rings (SSSR count). The smallest absolute Gasteiger partial charge is 0.242 e. The highest BCUT2D eigenvalue weighted by molar-refractivity contribution is 5.87. The predicted molar refractivity (Wildman–Crippen MR) is 87.7 cm³/mol. The van der Waals surface area contributed by atoms with Gasteiger partial charge in [-0.15, -0.1) is 0 Å². The molecule has 1 saturated carbocycles. The molecule has 0 bridgehead atoms. The summed E-state index contributed by atoms with van der Waals surface area (Å²) in [6.45, 7) is -0.509. The second-order valence-corrected chi connectivity index (χ2v) is 6.01. The van der Waals surface area contributed by atoms with E-state index < -0.39 is 68.0 Å². The van der Waals surface area contributed by atoms with Crippen LogP contribution in [0.2, 0.25) is 0 Å². The van der Waals surface area contributed by atoms with Crippen molar-refractivity contribution in [3.05, 3.63) is 35.1 Å². The number of fused-ring (bicyclic) bond motifs is 3. The third kappa shape index (κ3) is 2.70. The van der Waals surface area contributed by atoms with Crippen molar-refractivity contribution in [3.63, 3.8) is 0 Å².